The number of aryl methyl sites for hydroxylation is 1. The largest absolute Gasteiger partial charge is 0.334 e. The first-order valence-corrected chi connectivity index (χ1v) is 4.60. The van der Waals surface area contributed by atoms with Crippen molar-refractivity contribution >= 4 is 16.8 Å². The van der Waals surface area contributed by atoms with Gasteiger partial charge in [-0.15, -0.1) is 0 Å². The molecule has 5 nitrogen and oxygen atoms in total. The van der Waals surface area contributed by atoms with E-state index < -0.39 is 0 Å². The van der Waals surface area contributed by atoms with Crippen molar-refractivity contribution in [3.63, 3.8) is 0 Å². The summed E-state index contributed by atoms with van der Waals surface area (Å²) in [6.07, 6.45) is 0. The molecule has 0 fully saturated rings. The Labute approximate surface area is 84.4 Å². The van der Waals surface area contributed by atoms with E-state index in [1.165, 1.54) is 4.40 Å². The first kappa shape index (κ1) is 8.16. The Morgan fingerprint density at radius 2 is 2.07 bits per heavy atom. The van der Waals surface area contributed by atoms with Gasteiger partial charge in [0.05, 0.1) is 11.0 Å². The summed E-state index contributed by atoms with van der Waals surface area (Å²) < 4.78 is 1.47. The molecule has 0 aliphatic rings. The lowest BCUT2D eigenvalue weighted by atomic mass is 10.3. The molecule has 2 aromatic heterocycles. The molecule has 0 amide bonds. The zero-order valence-electron chi connectivity index (χ0n) is 8.06. The van der Waals surface area contributed by atoms with Crippen molar-refractivity contribution in [2.24, 2.45) is 0 Å². The first-order valence-electron chi connectivity index (χ1n) is 4.60. The third kappa shape index (κ3) is 1.06. The number of fused-ring (bicyclic) bond motifs is 3. The van der Waals surface area contributed by atoms with E-state index in [9.17, 15) is 4.79 Å². The van der Waals surface area contributed by atoms with Gasteiger partial charge in [0.2, 0.25) is 5.78 Å². The fourth-order valence-corrected chi connectivity index (χ4v) is 1.68. The quantitative estimate of drug-likeness (QED) is 0.586. The van der Waals surface area contributed by atoms with Crippen LogP contribution in [0, 0.1) is 6.92 Å². The van der Waals surface area contributed by atoms with Crippen molar-refractivity contribution < 1.29 is 0 Å². The zero-order chi connectivity index (χ0) is 10.4. The highest BCUT2D eigenvalue weighted by Crippen LogP contribution is 2.11. The van der Waals surface area contributed by atoms with Crippen LogP contribution >= 0.6 is 0 Å². The van der Waals surface area contributed by atoms with Gasteiger partial charge in [0.25, 0.3) is 0 Å². The Bertz CT molecular complexity index is 710. The highest BCUT2D eigenvalue weighted by atomic mass is 16.1. The van der Waals surface area contributed by atoms with Crippen LogP contribution in [0.1, 0.15) is 5.82 Å². The lowest BCUT2D eigenvalue weighted by Crippen LogP contribution is -2.18. The van der Waals surface area contributed by atoms with Crippen LogP contribution in [-0.2, 0) is 0 Å². The normalized spacial score (nSPS) is 11.3. The Kier molecular flexibility index (Phi) is 1.45. The van der Waals surface area contributed by atoms with E-state index in [-0.39, 0.29) is 5.69 Å². The Hall–Kier alpha value is -2.17. The number of nitrogens with zero attached hydrogens (tertiary/aromatic N) is 3. The van der Waals surface area contributed by atoms with Gasteiger partial charge in [-0.1, -0.05) is 12.1 Å². The molecule has 0 atom stereocenters. The van der Waals surface area contributed by atoms with Crippen molar-refractivity contribution in [1.29, 1.82) is 0 Å². The highest BCUT2D eigenvalue weighted by Gasteiger charge is 2.07. The van der Waals surface area contributed by atoms with E-state index in [1.54, 1.807) is 6.92 Å². The Morgan fingerprint density at radius 3 is 2.93 bits per heavy atom. The van der Waals surface area contributed by atoms with Gasteiger partial charge >= 0.3 is 5.69 Å². The molecule has 0 radical (unpaired) electrons. The monoisotopic (exact) mass is 200 g/mol. The van der Waals surface area contributed by atoms with Crippen LogP contribution in [0.5, 0.6) is 0 Å². The molecule has 3 rings (SSSR count). The van der Waals surface area contributed by atoms with E-state index in [0.29, 0.717) is 11.6 Å². The van der Waals surface area contributed by atoms with E-state index >= 15 is 0 Å². The zero-order valence-corrected chi connectivity index (χ0v) is 8.06. The third-order valence-electron chi connectivity index (χ3n) is 2.30. The molecule has 1 N–H and O–H groups in total. The highest BCUT2D eigenvalue weighted by molar-refractivity contribution is 5.78. The summed E-state index contributed by atoms with van der Waals surface area (Å²) in [6, 6.07) is 7.46. The molecule has 5 heteroatoms. The number of nitrogens with one attached hydrogen (secondary N) is 1. The topological polar surface area (TPSA) is 63.1 Å². The summed E-state index contributed by atoms with van der Waals surface area (Å²) in [4.78, 5) is 22.8. The molecule has 0 spiro atoms. The van der Waals surface area contributed by atoms with E-state index in [1.807, 2.05) is 24.3 Å². The summed E-state index contributed by atoms with van der Waals surface area (Å²) in [5, 5.41) is 0. The second kappa shape index (κ2) is 2.66. The van der Waals surface area contributed by atoms with Crippen molar-refractivity contribution in [3.8, 4) is 0 Å². The van der Waals surface area contributed by atoms with E-state index in [2.05, 4.69) is 15.0 Å². The van der Waals surface area contributed by atoms with Crippen LogP contribution in [0.2, 0.25) is 0 Å². The fraction of sp³-hybridized carbons (Fsp3) is 0.100. The minimum Gasteiger partial charge on any atom is -0.295 e. The maximum atomic E-state index is 11.7. The summed E-state index contributed by atoms with van der Waals surface area (Å²) in [6.45, 7) is 1.74. The Morgan fingerprint density at radius 1 is 1.27 bits per heavy atom. The molecule has 0 saturated carbocycles. The molecule has 0 aliphatic carbocycles. The van der Waals surface area contributed by atoms with E-state index in [0.717, 1.165) is 11.0 Å². The van der Waals surface area contributed by atoms with Crippen LogP contribution in [0.25, 0.3) is 16.8 Å². The van der Waals surface area contributed by atoms with Gasteiger partial charge in [-0.05, 0) is 19.1 Å². The molecule has 0 aliphatic heterocycles. The predicted molar refractivity (Wildman–Crippen MR) is 55.9 cm³/mol. The summed E-state index contributed by atoms with van der Waals surface area (Å²) in [5.41, 5.74) is 1.36. The first-order chi connectivity index (χ1) is 7.25. The smallest absolute Gasteiger partial charge is 0.295 e. The number of para-hydroxylation sites is 2. The number of aromatic amines is 1. The van der Waals surface area contributed by atoms with Crippen LogP contribution in [-0.4, -0.2) is 19.4 Å². The van der Waals surface area contributed by atoms with Gasteiger partial charge in [-0.2, -0.15) is 4.98 Å². The molecule has 0 bridgehead atoms. The molecule has 74 valence electrons. The van der Waals surface area contributed by atoms with Gasteiger partial charge < -0.3 is 0 Å². The number of imidazole rings is 1. The number of H-pyrrole nitrogens is 1. The van der Waals surface area contributed by atoms with E-state index in [4.69, 9.17) is 0 Å². The number of hydrogen-bond donors (Lipinski definition) is 1. The van der Waals surface area contributed by atoms with Crippen LogP contribution < -0.4 is 5.69 Å². The lowest BCUT2D eigenvalue weighted by Gasteiger charge is -1.94. The SMILES string of the molecule is Cc1nc2nc3ccccc3n2c(=O)[nH]1. The third-order valence-corrected chi connectivity index (χ3v) is 2.30. The minimum atomic E-state index is -0.203. The predicted octanol–water partition coefficient (Wildman–Crippen LogP) is 0.879. The lowest BCUT2D eigenvalue weighted by molar-refractivity contribution is 0.916. The number of benzene rings is 1. The van der Waals surface area contributed by atoms with Gasteiger partial charge in [0.1, 0.15) is 5.82 Å². The van der Waals surface area contributed by atoms with Gasteiger partial charge in [0.15, 0.2) is 0 Å². The van der Waals surface area contributed by atoms with Crippen molar-refractivity contribution in [1.82, 2.24) is 19.4 Å². The Balaban J connectivity index is 2.67. The van der Waals surface area contributed by atoms with Gasteiger partial charge in [-0.3, -0.25) is 4.98 Å². The molecule has 15 heavy (non-hydrogen) atoms. The molecule has 0 saturated heterocycles. The fourth-order valence-electron chi connectivity index (χ4n) is 1.68. The maximum Gasteiger partial charge on any atom is 0.334 e. The molecule has 2 heterocycles. The van der Waals surface area contributed by atoms with Gasteiger partial charge in [-0.25, -0.2) is 14.2 Å². The second-order valence-electron chi connectivity index (χ2n) is 3.36. The van der Waals surface area contributed by atoms with Crippen molar-refractivity contribution in [3.05, 3.63) is 40.6 Å². The number of hydrogen-bond acceptors (Lipinski definition) is 3. The average Bonchev–Trinajstić information content (AvgIpc) is 2.54. The maximum absolute atomic E-state index is 11.7. The molecular weight excluding hydrogens is 192 g/mol. The van der Waals surface area contributed by atoms with Crippen molar-refractivity contribution in [2.45, 2.75) is 6.92 Å². The van der Waals surface area contributed by atoms with Gasteiger partial charge in [0, 0.05) is 0 Å². The second-order valence-corrected chi connectivity index (χ2v) is 3.36. The number of rotatable bonds is 0. The molecule has 0 unspecified atom stereocenters. The number of aromatic nitrogens is 4. The summed E-state index contributed by atoms with van der Waals surface area (Å²) in [5.74, 6) is 1.01. The van der Waals surface area contributed by atoms with Crippen LogP contribution in [0.4, 0.5) is 0 Å². The van der Waals surface area contributed by atoms with Crippen LogP contribution in [0.3, 0.4) is 0 Å². The molecular formula is C10H8N4O. The summed E-state index contributed by atoms with van der Waals surface area (Å²) >= 11 is 0. The summed E-state index contributed by atoms with van der Waals surface area (Å²) in [7, 11) is 0. The molecule has 3 aromatic rings. The average molecular weight is 200 g/mol. The standard InChI is InChI=1S/C10H8N4O/c1-6-11-9-13-7-4-2-3-5-8(7)14(9)10(15)12-6/h2-5H,1H3,(H,11,12,13,15). The van der Waals surface area contributed by atoms with Crippen LogP contribution in [0.15, 0.2) is 29.1 Å². The minimum absolute atomic E-state index is 0.203. The molecule has 1 aromatic carbocycles. The van der Waals surface area contributed by atoms with Crippen molar-refractivity contribution in [2.75, 3.05) is 0 Å².